The molecule has 2 aromatic rings. The fourth-order valence-electron chi connectivity index (χ4n) is 3.99. The minimum atomic E-state index is -0.0329. The fraction of sp³-hybridized carbons (Fsp3) is 0.529. The van der Waals surface area contributed by atoms with Gasteiger partial charge in [-0.05, 0) is 37.7 Å². The van der Waals surface area contributed by atoms with E-state index in [1.54, 1.807) is 19.4 Å². The van der Waals surface area contributed by atoms with E-state index >= 15 is 0 Å². The van der Waals surface area contributed by atoms with Crippen molar-refractivity contribution in [1.82, 2.24) is 19.9 Å². The molecule has 4 rings (SSSR count). The molecule has 0 atom stereocenters. The molecule has 0 unspecified atom stereocenters. The first kappa shape index (κ1) is 15.1. The van der Waals surface area contributed by atoms with Crippen LogP contribution in [0, 0.1) is 12.3 Å². The summed E-state index contributed by atoms with van der Waals surface area (Å²) in [5.74, 6) is 1.29. The van der Waals surface area contributed by atoms with Gasteiger partial charge >= 0.3 is 0 Å². The molecule has 7 heteroatoms. The molecule has 1 saturated carbocycles. The van der Waals surface area contributed by atoms with Crippen molar-refractivity contribution in [3.63, 3.8) is 0 Å². The molecule has 24 heavy (non-hydrogen) atoms. The molecule has 1 spiro atoms. The highest BCUT2D eigenvalue weighted by Crippen LogP contribution is 2.50. The number of oxazole rings is 1. The van der Waals surface area contributed by atoms with Crippen molar-refractivity contribution < 1.29 is 9.21 Å². The van der Waals surface area contributed by atoms with Gasteiger partial charge in [-0.1, -0.05) is 0 Å². The Kier molecular flexibility index (Phi) is 3.51. The number of amides is 1. The third-order valence-corrected chi connectivity index (χ3v) is 5.48. The lowest BCUT2D eigenvalue weighted by molar-refractivity contribution is 0.0669. The van der Waals surface area contributed by atoms with Crippen molar-refractivity contribution >= 4 is 11.7 Å². The van der Waals surface area contributed by atoms with E-state index < -0.39 is 0 Å². The zero-order valence-corrected chi connectivity index (χ0v) is 14.0. The van der Waals surface area contributed by atoms with E-state index in [1.165, 1.54) is 6.39 Å². The molecule has 3 heterocycles. The zero-order valence-electron chi connectivity index (χ0n) is 14.0. The van der Waals surface area contributed by atoms with E-state index in [0.717, 1.165) is 38.2 Å². The Morgan fingerprint density at radius 1 is 1.42 bits per heavy atom. The number of anilines is 1. The first-order chi connectivity index (χ1) is 11.6. The summed E-state index contributed by atoms with van der Waals surface area (Å²) in [6.45, 7) is 3.40. The second kappa shape index (κ2) is 5.58. The second-order valence-corrected chi connectivity index (χ2v) is 6.98. The van der Waals surface area contributed by atoms with E-state index in [2.05, 4.69) is 26.9 Å². The van der Waals surface area contributed by atoms with Gasteiger partial charge in [0.15, 0.2) is 6.39 Å². The zero-order chi connectivity index (χ0) is 16.7. The molecular weight excluding hydrogens is 306 g/mol. The number of hydrogen-bond acceptors (Lipinski definition) is 6. The lowest BCUT2D eigenvalue weighted by Gasteiger charge is -2.49. The van der Waals surface area contributed by atoms with Crippen molar-refractivity contribution in [3.8, 4) is 0 Å². The van der Waals surface area contributed by atoms with Crippen LogP contribution in [0.2, 0.25) is 0 Å². The molecule has 1 aliphatic heterocycles. The SMILES string of the molecule is Cc1ncoc1C(=O)N1CCC2(CC(N(C)c3ccncn3)C2)C1. The molecule has 0 radical (unpaired) electrons. The van der Waals surface area contributed by atoms with Crippen molar-refractivity contribution in [2.75, 3.05) is 25.0 Å². The van der Waals surface area contributed by atoms with Gasteiger partial charge in [0.25, 0.3) is 5.91 Å². The molecule has 0 aromatic carbocycles. The van der Waals surface area contributed by atoms with E-state index in [1.807, 2.05) is 11.0 Å². The number of hydrogen-bond donors (Lipinski definition) is 0. The summed E-state index contributed by atoms with van der Waals surface area (Å²) in [5.41, 5.74) is 0.908. The highest BCUT2D eigenvalue weighted by atomic mass is 16.3. The van der Waals surface area contributed by atoms with Crippen molar-refractivity contribution in [2.45, 2.75) is 32.2 Å². The van der Waals surface area contributed by atoms with Crippen molar-refractivity contribution in [3.05, 3.63) is 36.4 Å². The summed E-state index contributed by atoms with van der Waals surface area (Å²) < 4.78 is 5.25. The Labute approximate surface area is 140 Å². The van der Waals surface area contributed by atoms with Gasteiger partial charge in [0.05, 0.1) is 5.69 Å². The van der Waals surface area contributed by atoms with Gasteiger partial charge in [0.2, 0.25) is 5.76 Å². The number of aromatic nitrogens is 3. The van der Waals surface area contributed by atoms with Gasteiger partial charge < -0.3 is 14.2 Å². The predicted octanol–water partition coefficient (Wildman–Crippen LogP) is 1.90. The van der Waals surface area contributed by atoms with Gasteiger partial charge in [-0.2, -0.15) is 0 Å². The average Bonchev–Trinajstić information content (AvgIpc) is 3.20. The van der Waals surface area contributed by atoms with Crippen LogP contribution in [0.1, 0.15) is 35.5 Å². The van der Waals surface area contributed by atoms with Crippen LogP contribution in [-0.4, -0.2) is 51.9 Å². The molecule has 1 aliphatic carbocycles. The van der Waals surface area contributed by atoms with Crippen LogP contribution in [0.3, 0.4) is 0 Å². The molecule has 2 aliphatic rings. The lowest BCUT2D eigenvalue weighted by Crippen LogP contribution is -2.51. The molecule has 126 valence electrons. The minimum Gasteiger partial charge on any atom is -0.438 e. The van der Waals surface area contributed by atoms with E-state index in [-0.39, 0.29) is 11.3 Å². The molecule has 1 saturated heterocycles. The van der Waals surface area contributed by atoms with Crippen LogP contribution in [-0.2, 0) is 0 Å². The topological polar surface area (TPSA) is 75.4 Å². The Balaban J connectivity index is 1.38. The van der Waals surface area contributed by atoms with E-state index in [4.69, 9.17) is 4.42 Å². The highest BCUT2D eigenvalue weighted by molar-refractivity contribution is 5.92. The number of nitrogens with zero attached hydrogens (tertiary/aromatic N) is 5. The predicted molar refractivity (Wildman–Crippen MR) is 87.7 cm³/mol. The number of carbonyl (C=O) groups excluding carboxylic acids is 1. The number of rotatable bonds is 3. The van der Waals surface area contributed by atoms with E-state index in [0.29, 0.717) is 17.5 Å². The van der Waals surface area contributed by atoms with Crippen LogP contribution in [0.25, 0.3) is 0 Å². The molecular formula is C17H21N5O2. The quantitative estimate of drug-likeness (QED) is 0.857. The molecule has 2 fully saturated rings. The average molecular weight is 327 g/mol. The summed E-state index contributed by atoms with van der Waals surface area (Å²) in [4.78, 5) is 29.0. The Hall–Kier alpha value is -2.44. The maximum Gasteiger partial charge on any atom is 0.291 e. The first-order valence-corrected chi connectivity index (χ1v) is 8.26. The van der Waals surface area contributed by atoms with Gasteiger partial charge in [0, 0.05) is 32.4 Å². The van der Waals surface area contributed by atoms with Crippen LogP contribution in [0.5, 0.6) is 0 Å². The number of aryl methyl sites for hydroxylation is 1. The Morgan fingerprint density at radius 3 is 2.92 bits per heavy atom. The smallest absolute Gasteiger partial charge is 0.291 e. The summed E-state index contributed by atoms with van der Waals surface area (Å²) in [6, 6.07) is 2.41. The minimum absolute atomic E-state index is 0.0329. The molecule has 2 aromatic heterocycles. The first-order valence-electron chi connectivity index (χ1n) is 8.26. The second-order valence-electron chi connectivity index (χ2n) is 6.98. The highest BCUT2D eigenvalue weighted by Gasteiger charge is 2.51. The van der Waals surface area contributed by atoms with Gasteiger partial charge in [-0.15, -0.1) is 0 Å². The standard InChI is InChI=1S/C17H21N5O2/c1-12-15(24-11-20-12)16(23)22-6-4-17(9-22)7-13(8-17)21(2)14-3-5-18-10-19-14/h3,5,10-11,13H,4,6-9H2,1-2H3. The third kappa shape index (κ3) is 2.44. The molecule has 0 N–H and O–H groups in total. The van der Waals surface area contributed by atoms with Gasteiger partial charge in [-0.25, -0.2) is 15.0 Å². The largest absolute Gasteiger partial charge is 0.438 e. The van der Waals surface area contributed by atoms with Crippen LogP contribution < -0.4 is 4.90 Å². The van der Waals surface area contributed by atoms with Crippen molar-refractivity contribution in [2.24, 2.45) is 5.41 Å². The van der Waals surface area contributed by atoms with E-state index in [9.17, 15) is 4.79 Å². The number of carbonyl (C=O) groups is 1. The molecule has 1 amide bonds. The van der Waals surface area contributed by atoms with Crippen LogP contribution >= 0.6 is 0 Å². The van der Waals surface area contributed by atoms with Gasteiger partial charge in [-0.3, -0.25) is 4.79 Å². The van der Waals surface area contributed by atoms with Crippen LogP contribution in [0.4, 0.5) is 5.82 Å². The third-order valence-electron chi connectivity index (χ3n) is 5.48. The monoisotopic (exact) mass is 327 g/mol. The Morgan fingerprint density at radius 2 is 2.25 bits per heavy atom. The van der Waals surface area contributed by atoms with Gasteiger partial charge in [0.1, 0.15) is 12.1 Å². The summed E-state index contributed by atoms with van der Waals surface area (Å²) >= 11 is 0. The normalized spacial score (nSPS) is 25.8. The van der Waals surface area contributed by atoms with Crippen molar-refractivity contribution in [1.29, 1.82) is 0 Å². The van der Waals surface area contributed by atoms with Crippen LogP contribution in [0.15, 0.2) is 29.4 Å². The summed E-state index contributed by atoms with van der Waals surface area (Å²) in [6.07, 6.45) is 7.92. The maximum atomic E-state index is 12.6. The fourth-order valence-corrected chi connectivity index (χ4v) is 3.99. The Bertz CT molecular complexity index is 738. The molecule has 7 nitrogen and oxygen atoms in total. The summed E-state index contributed by atoms with van der Waals surface area (Å²) in [7, 11) is 2.08. The summed E-state index contributed by atoms with van der Waals surface area (Å²) in [5, 5.41) is 0. The number of likely N-dealkylation sites (tertiary alicyclic amines) is 1. The lowest BCUT2D eigenvalue weighted by atomic mass is 9.64. The maximum absolute atomic E-state index is 12.6. The molecule has 0 bridgehead atoms.